The molecule has 0 saturated carbocycles. The van der Waals surface area contributed by atoms with Crippen LogP contribution in [0, 0.1) is 0 Å². The first kappa shape index (κ1) is 16.3. The third-order valence-corrected chi connectivity index (χ3v) is 5.61. The Hall–Kier alpha value is -2.85. The molecule has 0 bridgehead atoms. The van der Waals surface area contributed by atoms with Crippen LogP contribution in [-0.2, 0) is 12.8 Å². The maximum atomic E-state index is 12.7. The van der Waals surface area contributed by atoms with Crippen LogP contribution in [0.2, 0.25) is 0 Å². The molecule has 0 aliphatic heterocycles. The summed E-state index contributed by atoms with van der Waals surface area (Å²) in [6.45, 7) is 0. The van der Waals surface area contributed by atoms with Gasteiger partial charge in [-0.3, -0.25) is 4.79 Å². The van der Waals surface area contributed by atoms with E-state index < -0.39 is 0 Å². The first-order chi connectivity index (χ1) is 13.2. The van der Waals surface area contributed by atoms with Crippen molar-refractivity contribution in [2.24, 2.45) is 0 Å². The smallest absolute Gasteiger partial charge is 0.291 e. The molecule has 0 spiro atoms. The largest absolute Gasteiger partial charge is 0.451 e. The van der Waals surface area contributed by atoms with Crippen molar-refractivity contribution in [2.75, 3.05) is 5.32 Å². The van der Waals surface area contributed by atoms with Gasteiger partial charge in [0.05, 0.1) is 0 Å². The summed E-state index contributed by atoms with van der Waals surface area (Å²) in [5.74, 6) is 0.737. The van der Waals surface area contributed by atoms with Crippen LogP contribution in [0.25, 0.3) is 22.1 Å². The summed E-state index contributed by atoms with van der Waals surface area (Å²) in [5, 5.41) is 5.39. The lowest BCUT2D eigenvalue weighted by Crippen LogP contribution is -2.11. The number of rotatable bonds is 3. The molecule has 0 atom stereocenters. The molecule has 1 heterocycles. The Bertz CT molecular complexity index is 1160. The highest BCUT2D eigenvalue weighted by atomic mass is 79.9. The van der Waals surface area contributed by atoms with Crippen LogP contribution in [0.4, 0.5) is 5.69 Å². The molecule has 27 heavy (non-hydrogen) atoms. The molecule has 0 saturated heterocycles. The van der Waals surface area contributed by atoms with Crippen LogP contribution in [0.5, 0.6) is 0 Å². The van der Waals surface area contributed by atoms with Crippen LogP contribution >= 0.6 is 15.9 Å². The van der Waals surface area contributed by atoms with E-state index in [0.29, 0.717) is 11.5 Å². The number of carbonyl (C=O) groups excluding carboxylic acids is 1. The number of furan rings is 1. The molecule has 0 radical (unpaired) electrons. The number of hydrogen-bond donors (Lipinski definition) is 1. The summed E-state index contributed by atoms with van der Waals surface area (Å²) in [4.78, 5) is 12.7. The van der Waals surface area contributed by atoms with Crippen molar-refractivity contribution in [1.29, 1.82) is 0 Å². The number of nitrogens with one attached hydrogen (secondary N) is 1. The summed E-state index contributed by atoms with van der Waals surface area (Å²) >= 11 is 3.42. The molecule has 1 aliphatic rings. The average Bonchev–Trinajstić information content (AvgIpc) is 3.33. The fourth-order valence-corrected chi connectivity index (χ4v) is 4.03. The minimum Gasteiger partial charge on any atom is -0.451 e. The molecule has 4 heteroatoms. The van der Waals surface area contributed by atoms with E-state index in [1.165, 1.54) is 16.5 Å². The predicted molar refractivity (Wildman–Crippen MR) is 111 cm³/mol. The third kappa shape index (κ3) is 2.86. The quantitative estimate of drug-likeness (QED) is 0.430. The van der Waals surface area contributed by atoms with Gasteiger partial charge in [0.15, 0.2) is 5.76 Å². The Morgan fingerprint density at radius 2 is 1.67 bits per heavy atom. The first-order valence-electron chi connectivity index (χ1n) is 8.90. The van der Waals surface area contributed by atoms with Gasteiger partial charge in [0.25, 0.3) is 5.91 Å². The van der Waals surface area contributed by atoms with Crippen molar-refractivity contribution in [3.8, 4) is 11.3 Å². The Morgan fingerprint density at radius 1 is 0.889 bits per heavy atom. The van der Waals surface area contributed by atoms with Gasteiger partial charge in [-0.1, -0.05) is 52.3 Å². The standard InChI is InChI=1S/C23H16BrNO2/c24-17-9-6-14(7-10-17)20-12-13-21(27-20)23(26)25-19-11-8-16-5-4-15-2-1-3-18(19)22(15)16/h1-3,6-13H,4-5H2,(H,25,26). The summed E-state index contributed by atoms with van der Waals surface area (Å²) in [6, 6.07) is 21.7. The zero-order chi connectivity index (χ0) is 18.4. The number of aryl methyl sites for hydroxylation is 2. The number of hydrogen-bond acceptors (Lipinski definition) is 2. The van der Waals surface area contributed by atoms with Gasteiger partial charge < -0.3 is 9.73 Å². The highest BCUT2D eigenvalue weighted by Gasteiger charge is 2.18. The molecule has 0 fully saturated rings. The molecule has 3 nitrogen and oxygen atoms in total. The minimum absolute atomic E-state index is 0.239. The summed E-state index contributed by atoms with van der Waals surface area (Å²) in [5.41, 5.74) is 4.47. The molecule has 1 amide bonds. The Balaban J connectivity index is 1.45. The van der Waals surface area contributed by atoms with E-state index in [2.05, 4.69) is 45.5 Å². The van der Waals surface area contributed by atoms with Crippen LogP contribution in [-0.4, -0.2) is 5.91 Å². The van der Waals surface area contributed by atoms with Crippen molar-refractivity contribution in [1.82, 2.24) is 0 Å². The molecule has 132 valence electrons. The van der Waals surface area contributed by atoms with E-state index in [1.54, 1.807) is 6.07 Å². The number of carbonyl (C=O) groups is 1. The second kappa shape index (κ2) is 6.39. The molecular weight excluding hydrogens is 402 g/mol. The number of halogens is 1. The third-order valence-electron chi connectivity index (χ3n) is 5.08. The topological polar surface area (TPSA) is 42.2 Å². The van der Waals surface area contributed by atoms with Crippen LogP contribution in [0.3, 0.4) is 0 Å². The molecule has 4 aromatic rings. The fourth-order valence-electron chi connectivity index (χ4n) is 3.77. The molecule has 3 aromatic carbocycles. The van der Waals surface area contributed by atoms with E-state index in [0.717, 1.165) is 34.0 Å². The molecular formula is C23H16BrNO2. The van der Waals surface area contributed by atoms with Crippen LogP contribution < -0.4 is 5.32 Å². The van der Waals surface area contributed by atoms with Gasteiger partial charge in [-0.15, -0.1) is 0 Å². The van der Waals surface area contributed by atoms with Gasteiger partial charge in [0, 0.05) is 21.1 Å². The summed E-state index contributed by atoms with van der Waals surface area (Å²) < 4.78 is 6.79. The molecule has 1 aromatic heterocycles. The minimum atomic E-state index is -0.239. The number of anilines is 1. The van der Waals surface area contributed by atoms with Crippen molar-refractivity contribution in [2.45, 2.75) is 12.8 Å². The van der Waals surface area contributed by atoms with Crippen molar-refractivity contribution in [3.63, 3.8) is 0 Å². The summed E-state index contributed by atoms with van der Waals surface area (Å²) in [6.07, 6.45) is 2.14. The fraction of sp³-hybridized carbons (Fsp3) is 0.0870. The number of amides is 1. The maximum Gasteiger partial charge on any atom is 0.291 e. The SMILES string of the molecule is O=C(Nc1ccc2c3c(cccc13)CC2)c1ccc(-c2ccc(Br)cc2)o1. The predicted octanol–water partition coefficient (Wildman–Crippen LogP) is 6.21. The lowest BCUT2D eigenvalue weighted by Gasteiger charge is -2.09. The zero-order valence-corrected chi connectivity index (χ0v) is 16.0. The van der Waals surface area contributed by atoms with E-state index in [1.807, 2.05) is 36.4 Å². The molecule has 5 rings (SSSR count). The highest BCUT2D eigenvalue weighted by molar-refractivity contribution is 9.10. The normalized spacial score (nSPS) is 12.5. The number of benzene rings is 3. The zero-order valence-electron chi connectivity index (χ0n) is 14.5. The van der Waals surface area contributed by atoms with Gasteiger partial charge in [0.2, 0.25) is 0 Å². The van der Waals surface area contributed by atoms with Gasteiger partial charge in [-0.05, 0) is 59.7 Å². The van der Waals surface area contributed by atoms with Gasteiger partial charge >= 0.3 is 0 Å². The molecule has 1 aliphatic carbocycles. The monoisotopic (exact) mass is 417 g/mol. The second-order valence-electron chi connectivity index (χ2n) is 6.74. The second-order valence-corrected chi connectivity index (χ2v) is 7.65. The highest BCUT2D eigenvalue weighted by Crippen LogP contribution is 2.35. The average molecular weight is 418 g/mol. The van der Waals surface area contributed by atoms with Gasteiger partial charge in [-0.25, -0.2) is 0 Å². The maximum absolute atomic E-state index is 12.7. The van der Waals surface area contributed by atoms with E-state index in [4.69, 9.17) is 4.42 Å². The molecule has 1 N–H and O–H groups in total. The Kier molecular flexibility index (Phi) is 3.87. The van der Waals surface area contributed by atoms with E-state index in [-0.39, 0.29) is 5.91 Å². The lowest BCUT2D eigenvalue weighted by molar-refractivity contribution is 0.0997. The van der Waals surface area contributed by atoms with Crippen molar-refractivity contribution < 1.29 is 9.21 Å². The summed E-state index contributed by atoms with van der Waals surface area (Å²) in [7, 11) is 0. The van der Waals surface area contributed by atoms with E-state index in [9.17, 15) is 4.79 Å². The molecule has 0 unspecified atom stereocenters. The van der Waals surface area contributed by atoms with Crippen LogP contribution in [0.15, 0.2) is 75.6 Å². The van der Waals surface area contributed by atoms with Crippen molar-refractivity contribution >= 4 is 38.3 Å². The Labute approximate surface area is 165 Å². The Morgan fingerprint density at radius 3 is 2.48 bits per heavy atom. The first-order valence-corrected chi connectivity index (χ1v) is 9.69. The van der Waals surface area contributed by atoms with Gasteiger partial charge in [-0.2, -0.15) is 0 Å². The van der Waals surface area contributed by atoms with Crippen LogP contribution in [0.1, 0.15) is 21.7 Å². The lowest BCUT2D eigenvalue weighted by atomic mass is 10.0. The van der Waals surface area contributed by atoms with Gasteiger partial charge in [0.1, 0.15) is 5.76 Å². The van der Waals surface area contributed by atoms with Crippen molar-refractivity contribution in [3.05, 3.63) is 88.1 Å². The van der Waals surface area contributed by atoms with E-state index >= 15 is 0 Å².